The van der Waals surface area contributed by atoms with Crippen LogP contribution in [0.4, 0.5) is 0 Å². The van der Waals surface area contributed by atoms with Crippen molar-refractivity contribution in [1.29, 1.82) is 0 Å². The predicted molar refractivity (Wildman–Crippen MR) is 136 cm³/mol. The summed E-state index contributed by atoms with van der Waals surface area (Å²) in [4.78, 5) is 27.4. The first-order valence-electron chi connectivity index (χ1n) is 11.4. The zero-order valence-electron chi connectivity index (χ0n) is 18.3. The molecular weight excluding hydrogens is 440 g/mol. The van der Waals surface area contributed by atoms with Crippen LogP contribution in [0.25, 0.3) is 5.57 Å². The van der Waals surface area contributed by atoms with Gasteiger partial charge in [-0.3, -0.25) is 9.59 Å². The zero-order valence-corrected chi connectivity index (χ0v) is 19.1. The van der Waals surface area contributed by atoms with Crippen LogP contribution in [-0.4, -0.2) is 16.7 Å². The standard InChI is InChI=1S/C29H22N2O2S/c32-24-15-21-19-13-7-8-14-20(19)28(33)26(21)25(18-11-5-2-6-12-18)27(24)23-16-22(30-29(34)31-23)17-9-3-1-4-10-17/h1-14,16,22,25,27H,15H2,(H2,30,31,34). The molecule has 3 aromatic carbocycles. The quantitative estimate of drug-likeness (QED) is 0.530. The summed E-state index contributed by atoms with van der Waals surface area (Å²) in [6.45, 7) is 0. The number of benzene rings is 3. The molecule has 0 bridgehead atoms. The number of ketones is 2. The third-order valence-corrected chi connectivity index (χ3v) is 7.17. The van der Waals surface area contributed by atoms with Crippen molar-refractivity contribution in [3.8, 4) is 0 Å². The van der Waals surface area contributed by atoms with E-state index in [1.165, 1.54) is 0 Å². The van der Waals surface area contributed by atoms with Crippen LogP contribution in [0.15, 0.2) is 102 Å². The number of Topliss-reactive ketones (excluding diaryl/α,β-unsaturated/α-hetero) is 2. The van der Waals surface area contributed by atoms with E-state index in [4.69, 9.17) is 12.2 Å². The molecule has 2 aliphatic carbocycles. The van der Waals surface area contributed by atoms with E-state index in [1.54, 1.807) is 0 Å². The summed E-state index contributed by atoms with van der Waals surface area (Å²) < 4.78 is 0. The minimum atomic E-state index is -0.523. The Hall–Kier alpha value is -3.83. The Kier molecular flexibility index (Phi) is 5.00. The van der Waals surface area contributed by atoms with Gasteiger partial charge in [0, 0.05) is 29.2 Å². The second kappa shape index (κ2) is 8.19. The van der Waals surface area contributed by atoms with Crippen molar-refractivity contribution < 1.29 is 9.59 Å². The normalized spacial score (nSPS) is 23.6. The van der Waals surface area contributed by atoms with Crippen LogP contribution in [0.2, 0.25) is 0 Å². The van der Waals surface area contributed by atoms with Gasteiger partial charge in [0.1, 0.15) is 5.78 Å². The Morgan fingerprint density at radius 3 is 2.06 bits per heavy atom. The molecule has 1 heterocycles. The van der Waals surface area contributed by atoms with Gasteiger partial charge in [-0.15, -0.1) is 0 Å². The lowest BCUT2D eigenvalue weighted by Gasteiger charge is -2.37. The lowest BCUT2D eigenvalue weighted by molar-refractivity contribution is -0.121. The Morgan fingerprint density at radius 1 is 0.735 bits per heavy atom. The highest BCUT2D eigenvalue weighted by atomic mass is 32.1. The smallest absolute Gasteiger partial charge is 0.190 e. The van der Waals surface area contributed by atoms with E-state index < -0.39 is 5.92 Å². The van der Waals surface area contributed by atoms with Crippen LogP contribution in [-0.2, 0) is 4.79 Å². The maximum absolute atomic E-state index is 13.8. The Balaban J connectivity index is 1.51. The Labute approximate surface area is 203 Å². The molecule has 3 atom stereocenters. The third-order valence-electron chi connectivity index (χ3n) is 6.95. The van der Waals surface area contributed by atoms with Crippen LogP contribution < -0.4 is 10.6 Å². The molecule has 166 valence electrons. The molecule has 0 aromatic heterocycles. The van der Waals surface area contributed by atoms with Gasteiger partial charge in [-0.2, -0.15) is 0 Å². The van der Waals surface area contributed by atoms with Gasteiger partial charge in [0.15, 0.2) is 10.9 Å². The fraction of sp³-hybridized carbons (Fsp3) is 0.138. The summed E-state index contributed by atoms with van der Waals surface area (Å²) >= 11 is 5.54. The summed E-state index contributed by atoms with van der Waals surface area (Å²) in [5.41, 5.74) is 5.96. The molecule has 3 aromatic rings. The van der Waals surface area contributed by atoms with Crippen molar-refractivity contribution in [3.63, 3.8) is 0 Å². The topological polar surface area (TPSA) is 58.2 Å². The Bertz CT molecular complexity index is 1390. The summed E-state index contributed by atoms with van der Waals surface area (Å²) in [5.74, 6) is -0.792. The molecule has 3 unspecified atom stereocenters. The molecule has 0 spiro atoms. The minimum absolute atomic E-state index is 0.0219. The average Bonchev–Trinajstić information content (AvgIpc) is 3.15. The van der Waals surface area contributed by atoms with Crippen molar-refractivity contribution in [2.75, 3.05) is 0 Å². The number of hydrogen-bond donors (Lipinski definition) is 2. The van der Waals surface area contributed by atoms with E-state index in [-0.39, 0.29) is 29.9 Å². The van der Waals surface area contributed by atoms with Crippen molar-refractivity contribution in [2.45, 2.75) is 18.4 Å². The minimum Gasteiger partial charge on any atom is -0.352 e. The van der Waals surface area contributed by atoms with E-state index >= 15 is 0 Å². The molecule has 3 aliphatic rings. The highest BCUT2D eigenvalue weighted by Gasteiger charge is 2.47. The fourth-order valence-electron chi connectivity index (χ4n) is 5.49. The average molecular weight is 463 g/mol. The molecule has 4 nitrogen and oxygen atoms in total. The van der Waals surface area contributed by atoms with Crippen LogP contribution in [0.1, 0.15) is 45.4 Å². The van der Waals surface area contributed by atoms with Gasteiger partial charge < -0.3 is 10.6 Å². The van der Waals surface area contributed by atoms with Crippen molar-refractivity contribution in [2.24, 2.45) is 5.92 Å². The largest absolute Gasteiger partial charge is 0.352 e. The first kappa shape index (κ1) is 20.8. The van der Waals surface area contributed by atoms with Gasteiger partial charge in [-0.25, -0.2) is 0 Å². The number of carbonyl (C=O) groups is 2. The van der Waals surface area contributed by atoms with Gasteiger partial charge in [0.05, 0.1) is 12.0 Å². The Morgan fingerprint density at radius 2 is 1.35 bits per heavy atom. The molecule has 34 heavy (non-hydrogen) atoms. The molecule has 0 fully saturated rings. The van der Waals surface area contributed by atoms with Gasteiger partial charge >= 0.3 is 0 Å². The SMILES string of the molecule is O=C1C2=C(CC(=O)C(C3=CC(c4ccccc4)NC(=S)N3)C2c2ccccc2)c2ccccc21. The molecule has 2 N–H and O–H groups in total. The van der Waals surface area contributed by atoms with Gasteiger partial charge in [-0.05, 0) is 40.6 Å². The zero-order chi connectivity index (χ0) is 23.2. The van der Waals surface area contributed by atoms with Crippen LogP contribution in [0.5, 0.6) is 0 Å². The maximum Gasteiger partial charge on any atom is 0.190 e. The van der Waals surface area contributed by atoms with E-state index in [2.05, 4.69) is 10.6 Å². The molecule has 6 rings (SSSR count). The summed E-state index contributed by atoms with van der Waals surface area (Å²) in [7, 11) is 0. The number of hydrogen-bond acceptors (Lipinski definition) is 3. The lowest BCUT2D eigenvalue weighted by atomic mass is 9.69. The number of rotatable bonds is 3. The first-order valence-corrected chi connectivity index (χ1v) is 11.8. The first-order chi connectivity index (χ1) is 16.6. The van der Waals surface area contributed by atoms with Gasteiger partial charge in [0.2, 0.25) is 0 Å². The monoisotopic (exact) mass is 462 g/mol. The lowest BCUT2D eigenvalue weighted by Crippen LogP contribution is -2.46. The van der Waals surface area contributed by atoms with Crippen LogP contribution in [0, 0.1) is 5.92 Å². The van der Waals surface area contributed by atoms with E-state index in [9.17, 15) is 9.59 Å². The predicted octanol–water partition coefficient (Wildman–Crippen LogP) is 5.11. The molecule has 1 aliphatic heterocycles. The fourth-order valence-corrected chi connectivity index (χ4v) is 5.74. The van der Waals surface area contributed by atoms with Crippen LogP contribution in [0.3, 0.4) is 0 Å². The second-order valence-corrected chi connectivity index (χ2v) is 9.29. The number of allylic oxidation sites excluding steroid dienone is 3. The second-order valence-electron chi connectivity index (χ2n) is 8.88. The third kappa shape index (κ3) is 3.32. The number of carbonyl (C=O) groups excluding carboxylic acids is 2. The van der Waals surface area contributed by atoms with E-state index in [0.29, 0.717) is 10.7 Å². The van der Waals surface area contributed by atoms with Gasteiger partial charge in [-0.1, -0.05) is 84.9 Å². The van der Waals surface area contributed by atoms with Crippen molar-refractivity contribution in [1.82, 2.24) is 10.6 Å². The molecule has 0 amide bonds. The van der Waals surface area contributed by atoms with Crippen molar-refractivity contribution >= 4 is 34.5 Å². The van der Waals surface area contributed by atoms with E-state index in [1.807, 2.05) is 91.0 Å². The molecule has 0 saturated heterocycles. The van der Waals surface area contributed by atoms with Gasteiger partial charge in [0.25, 0.3) is 0 Å². The molecule has 5 heteroatoms. The molecule has 0 radical (unpaired) electrons. The number of fused-ring (bicyclic) bond motifs is 2. The highest BCUT2D eigenvalue weighted by Crippen LogP contribution is 2.51. The summed E-state index contributed by atoms with van der Waals surface area (Å²) in [6, 6.07) is 27.4. The maximum atomic E-state index is 13.8. The highest BCUT2D eigenvalue weighted by molar-refractivity contribution is 7.80. The van der Waals surface area contributed by atoms with Crippen LogP contribution >= 0.6 is 12.2 Å². The molecular formula is C29H22N2O2S. The number of nitrogens with one attached hydrogen (secondary N) is 2. The number of thiocarbonyl (C=S) groups is 1. The molecule has 0 saturated carbocycles. The summed E-state index contributed by atoms with van der Waals surface area (Å²) in [5, 5.41) is 7.03. The van der Waals surface area contributed by atoms with Crippen molar-refractivity contribution in [3.05, 3.63) is 125 Å². The van der Waals surface area contributed by atoms with E-state index in [0.717, 1.165) is 33.5 Å². The summed E-state index contributed by atoms with van der Waals surface area (Å²) in [6.07, 6.45) is 2.28.